The van der Waals surface area contributed by atoms with Gasteiger partial charge in [-0.15, -0.1) is 11.3 Å². The number of nitrogens with zero attached hydrogens (tertiary/aromatic N) is 2. The van der Waals surface area contributed by atoms with Crippen LogP contribution in [0.15, 0.2) is 70.4 Å². The van der Waals surface area contributed by atoms with E-state index in [0.717, 1.165) is 27.5 Å². The van der Waals surface area contributed by atoms with Crippen LogP contribution in [0.5, 0.6) is 0 Å². The van der Waals surface area contributed by atoms with E-state index in [9.17, 15) is 36.7 Å². The van der Waals surface area contributed by atoms with Crippen molar-refractivity contribution in [1.29, 1.82) is 5.26 Å². The fraction of sp³-hybridized carbons (Fsp3) is 0.214. The molecular weight excluding hydrogens is 552 g/mol. The first kappa shape index (κ1) is 28.6. The second-order valence-electron chi connectivity index (χ2n) is 9.35. The number of benzene rings is 2. The van der Waals surface area contributed by atoms with Crippen LogP contribution in [0.3, 0.4) is 0 Å². The molecule has 0 amide bonds. The van der Waals surface area contributed by atoms with Crippen molar-refractivity contribution in [3.8, 4) is 27.1 Å². The summed E-state index contributed by atoms with van der Waals surface area (Å²) >= 11 is 1.09. The molecule has 2 heterocycles. The number of alkyl halides is 3. The van der Waals surface area contributed by atoms with Crippen molar-refractivity contribution < 1.29 is 26.7 Å². The van der Waals surface area contributed by atoms with Gasteiger partial charge in [-0.2, -0.15) is 29.0 Å². The predicted molar refractivity (Wildman–Crippen MR) is 146 cm³/mol. The zero-order chi connectivity index (χ0) is 28.7. The number of halogens is 4. The molecule has 204 valence electrons. The Morgan fingerprint density at radius 1 is 1.05 bits per heavy atom. The molecule has 11 heteroatoms. The molecule has 0 saturated heterocycles. The molecule has 2 aromatic heterocycles. The Kier molecular flexibility index (Phi) is 7.78. The molecule has 0 fully saturated rings. The van der Waals surface area contributed by atoms with Crippen LogP contribution in [-0.4, -0.2) is 19.9 Å². The average Bonchev–Trinajstić information content (AvgIpc) is 3.35. The lowest BCUT2D eigenvalue weighted by molar-refractivity contribution is -0.137. The van der Waals surface area contributed by atoms with Gasteiger partial charge in [0.05, 0.1) is 27.6 Å². The zero-order valence-corrected chi connectivity index (χ0v) is 22.7. The first-order valence-corrected chi connectivity index (χ1v) is 14.4. The van der Waals surface area contributed by atoms with Gasteiger partial charge in [0.1, 0.15) is 17.4 Å². The third kappa shape index (κ3) is 5.94. The molecule has 0 aliphatic carbocycles. The van der Waals surface area contributed by atoms with Gasteiger partial charge in [0.25, 0.3) is 5.56 Å². The maximum atomic E-state index is 14.5. The quantitative estimate of drug-likeness (QED) is 0.227. The van der Waals surface area contributed by atoms with E-state index in [1.54, 1.807) is 30.3 Å². The lowest BCUT2D eigenvalue weighted by atomic mass is 10.0. The van der Waals surface area contributed by atoms with Crippen molar-refractivity contribution in [3.63, 3.8) is 0 Å². The molecule has 0 bridgehead atoms. The van der Waals surface area contributed by atoms with Gasteiger partial charge in [0.15, 0.2) is 0 Å². The molecule has 2 aromatic carbocycles. The van der Waals surface area contributed by atoms with Crippen LogP contribution >= 0.6 is 21.9 Å². The molecule has 4 aromatic rings. The highest BCUT2D eigenvalue weighted by atomic mass is 32.3. The third-order valence-electron chi connectivity index (χ3n) is 6.19. The molecule has 0 radical (unpaired) electrons. The Bertz CT molecular complexity index is 1640. The minimum Gasteiger partial charge on any atom is -0.302 e. The maximum absolute atomic E-state index is 14.5. The predicted octanol–water partition coefficient (Wildman–Crippen LogP) is 8.18. The van der Waals surface area contributed by atoms with E-state index in [-0.39, 0.29) is 28.6 Å². The summed E-state index contributed by atoms with van der Waals surface area (Å²) < 4.78 is 77.6. The summed E-state index contributed by atoms with van der Waals surface area (Å²) in [7, 11) is -3.05. The van der Waals surface area contributed by atoms with Gasteiger partial charge in [-0.3, -0.25) is 13.9 Å². The number of nitriles is 1. The molecule has 5 nitrogen and oxygen atoms in total. The number of rotatable bonds is 6. The Labute approximate surface area is 228 Å². The van der Waals surface area contributed by atoms with Crippen LogP contribution in [0.4, 0.5) is 17.6 Å². The molecular formula is C28H24F4N2O3S2. The molecule has 0 saturated carbocycles. The van der Waals surface area contributed by atoms with Crippen molar-refractivity contribution in [1.82, 2.24) is 4.57 Å². The second kappa shape index (κ2) is 10.6. The number of thiophene rings is 1. The largest absolute Gasteiger partial charge is 0.417 e. The number of hydrogen-bond donors (Lipinski definition) is 2. The molecule has 4 rings (SSSR count). The molecule has 0 aliphatic rings. The Morgan fingerprint density at radius 2 is 1.72 bits per heavy atom. The Morgan fingerprint density at radius 3 is 2.31 bits per heavy atom. The van der Waals surface area contributed by atoms with E-state index < -0.39 is 39.3 Å². The summed E-state index contributed by atoms with van der Waals surface area (Å²) in [6, 6.07) is 16.1. The molecule has 0 atom stereocenters. The molecule has 0 aliphatic heterocycles. The first-order valence-electron chi connectivity index (χ1n) is 11.7. The summed E-state index contributed by atoms with van der Waals surface area (Å²) in [6.45, 7) is 3.51. The highest BCUT2D eigenvalue weighted by Gasteiger charge is 2.37. The SMILES string of the molecule is CC(C)c1cc(-c2ccc(-c3cc(C(F)(F)F)c(C#N)c(=O)n3Cc3ccccc3F)s2)cc(S(C)(O)O)c1. The smallest absolute Gasteiger partial charge is 0.302 e. The summed E-state index contributed by atoms with van der Waals surface area (Å²) in [5.74, 6) is -0.582. The van der Waals surface area contributed by atoms with Crippen LogP contribution < -0.4 is 5.56 Å². The van der Waals surface area contributed by atoms with Gasteiger partial charge < -0.3 is 4.57 Å². The van der Waals surface area contributed by atoms with Gasteiger partial charge in [-0.25, -0.2) is 4.39 Å². The first-order chi connectivity index (χ1) is 18.2. The van der Waals surface area contributed by atoms with Crippen molar-refractivity contribution in [2.75, 3.05) is 6.26 Å². The number of pyridine rings is 1. The van der Waals surface area contributed by atoms with Gasteiger partial charge in [0, 0.05) is 16.7 Å². The Balaban J connectivity index is 1.94. The second-order valence-corrected chi connectivity index (χ2v) is 12.6. The maximum Gasteiger partial charge on any atom is 0.417 e. The highest BCUT2D eigenvalue weighted by molar-refractivity contribution is 8.23. The Hall–Kier alpha value is -3.43. The zero-order valence-electron chi connectivity index (χ0n) is 21.1. The van der Waals surface area contributed by atoms with Gasteiger partial charge in [-0.05, 0) is 59.5 Å². The van der Waals surface area contributed by atoms with Crippen LogP contribution in [0.2, 0.25) is 0 Å². The standard InChI is InChI=1S/C28H24F4N2O3S2/c1-16(2)18-10-19(12-20(11-18)39(3,36)37)25-8-9-26(38-25)24-13-22(28(30,31)32)21(14-33)27(35)34(24)15-17-6-4-5-7-23(17)29/h4-13,16,36-37H,15H2,1-3H3. The fourth-order valence-electron chi connectivity index (χ4n) is 4.09. The average molecular weight is 577 g/mol. The lowest BCUT2D eigenvalue weighted by Gasteiger charge is -2.28. The lowest BCUT2D eigenvalue weighted by Crippen LogP contribution is -2.28. The van der Waals surface area contributed by atoms with Crippen LogP contribution in [0.25, 0.3) is 21.0 Å². The minimum atomic E-state index is -4.97. The van der Waals surface area contributed by atoms with E-state index in [0.29, 0.717) is 15.3 Å². The van der Waals surface area contributed by atoms with E-state index in [4.69, 9.17) is 0 Å². The van der Waals surface area contributed by atoms with Gasteiger partial charge in [-0.1, -0.05) is 32.0 Å². The van der Waals surface area contributed by atoms with E-state index in [2.05, 4.69) is 0 Å². The van der Waals surface area contributed by atoms with Crippen LogP contribution in [0, 0.1) is 17.1 Å². The summed E-state index contributed by atoms with van der Waals surface area (Å²) in [5, 5.41) is 9.41. The normalized spacial score (nSPS) is 12.5. The third-order valence-corrected chi connectivity index (χ3v) is 8.47. The molecule has 0 unspecified atom stereocenters. The summed E-state index contributed by atoms with van der Waals surface area (Å²) in [6.07, 6.45) is -3.65. The van der Waals surface area contributed by atoms with Crippen molar-refractivity contribution >= 4 is 21.9 Å². The minimum absolute atomic E-state index is 0.0590. The van der Waals surface area contributed by atoms with Crippen LogP contribution in [-0.2, 0) is 12.7 Å². The molecule has 2 N–H and O–H groups in total. The molecule has 0 spiro atoms. The van der Waals surface area contributed by atoms with Gasteiger partial charge in [0.2, 0.25) is 0 Å². The number of aromatic nitrogens is 1. The van der Waals surface area contributed by atoms with Crippen molar-refractivity contribution in [3.05, 3.63) is 99.1 Å². The van der Waals surface area contributed by atoms with E-state index in [1.807, 2.05) is 19.9 Å². The van der Waals surface area contributed by atoms with Crippen molar-refractivity contribution in [2.45, 2.75) is 37.4 Å². The van der Waals surface area contributed by atoms with Crippen LogP contribution in [0.1, 0.15) is 42.0 Å². The van der Waals surface area contributed by atoms with Gasteiger partial charge >= 0.3 is 6.18 Å². The summed E-state index contributed by atoms with van der Waals surface area (Å²) in [5.41, 5.74) is -2.19. The summed E-state index contributed by atoms with van der Waals surface area (Å²) in [4.78, 5) is 14.4. The van der Waals surface area contributed by atoms with E-state index >= 15 is 0 Å². The fourth-order valence-corrected chi connectivity index (χ4v) is 5.82. The topological polar surface area (TPSA) is 86.2 Å². The monoisotopic (exact) mass is 576 g/mol. The highest BCUT2D eigenvalue weighted by Crippen LogP contribution is 2.47. The molecule has 39 heavy (non-hydrogen) atoms. The van der Waals surface area contributed by atoms with Crippen molar-refractivity contribution in [2.24, 2.45) is 0 Å². The van der Waals surface area contributed by atoms with E-state index in [1.165, 1.54) is 30.5 Å². The number of hydrogen-bond acceptors (Lipinski definition) is 5.